The average Bonchev–Trinajstić information content (AvgIpc) is 3.26. The third-order valence-corrected chi connectivity index (χ3v) is 6.47. The number of para-hydroxylation sites is 1. The summed E-state index contributed by atoms with van der Waals surface area (Å²) in [6.07, 6.45) is 1.21. The molecule has 8 heteroatoms. The number of benzene rings is 2. The third kappa shape index (κ3) is 5.18. The van der Waals surface area contributed by atoms with E-state index < -0.39 is 11.8 Å². The molecule has 1 aliphatic rings. The summed E-state index contributed by atoms with van der Waals surface area (Å²) in [5, 5.41) is 13.1. The van der Waals surface area contributed by atoms with Gasteiger partial charge in [-0.3, -0.25) is 19.8 Å². The van der Waals surface area contributed by atoms with E-state index in [0.717, 1.165) is 22.2 Å². The maximum absolute atomic E-state index is 12.8. The van der Waals surface area contributed by atoms with Gasteiger partial charge in [-0.15, -0.1) is 0 Å². The van der Waals surface area contributed by atoms with Crippen LogP contribution in [0.5, 0.6) is 5.75 Å². The normalized spacial score (nSPS) is 19.9. The summed E-state index contributed by atoms with van der Waals surface area (Å²) in [5.74, 6) is -0.566. The molecule has 1 saturated carbocycles. The van der Waals surface area contributed by atoms with Gasteiger partial charge in [-0.05, 0) is 70.3 Å². The van der Waals surface area contributed by atoms with Gasteiger partial charge in [0.25, 0.3) is 5.91 Å². The highest BCUT2D eigenvalue weighted by molar-refractivity contribution is 5.95. The lowest BCUT2D eigenvalue weighted by molar-refractivity contribution is -0.133. The van der Waals surface area contributed by atoms with Gasteiger partial charge in [0.1, 0.15) is 12.4 Å². The Kier molecular flexibility index (Phi) is 7.09. The lowest BCUT2D eigenvalue weighted by atomic mass is 10.0. The van der Waals surface area contributed by atoms with Crippen molar-refractivity contribution in [2.45, 2.75) is 38.5 Å². The fraction of sp³-hybridized carbons (Fsp3) is 0.346. The smallest absolute Gasteiger partial charge is 0.251 e. The lowest BCUT2D eigenvalue weighted by Crippen LogP contribution is -2.43. The van der Waals surface area contributed by atoms with E-state index >= 15 is 0 Å². The number of rotatable bonds is 7. The quantitative estimate of drug-likeness (QED) is 0.368. The zero-order chi connectivity index (χ0) is 24.2. The van der Waals surface area contributed by atoms with Crippen LogP contribution in [0.3, 0.4) is 0 Å². The predicted octanol–water partition coefficient (Wildman–Crippen LogP) is 3.07. The van der Waals surface area contributed by atoms with Gasteiger partial charge in [-0.2, -0.15) is 0 Å². The van der Waals surface area contributed by atoms with Crippen molar-refractivity contribution in [3.05, 3.63) is 71.4 Å². The van der Waals surface area contributed by atoms with Crippen LogP contribution in [-0.4, -0.2) is 53.1 Å². The molecule has 0 bridgehead atoms. The maximum atomic E-state index is 12.8. The van der Waals surface area contributed by atoms with Crippen molar-refractivity contribution in [2.24, 2.45) is 5.92 Å². The molecule has 1 heterocycles. The van der Waals surface area contributed by atoms with E-state index in [4.69, 9.17) is 9.94 Å². The highest BCUT2D eigenvalue weighted by Crippen LogP contribution is 2.29. The number of hydrogen-bond acceptors (Lipinski definition) is 6. The van der Waals surface area contributed by atoms with Crippen LogP contribution in [0, 0.1) is 12.8 Å². The molecule has 2 aromatic carbocycles. The minimum Gasteiger partial charge on any atom is -0.489 e. The number of hydroxylamine groups is 1. The van der Waals surface area contributed by atoms with Gasteiger partial charge in [0.05, 0.1) is 11.4 Å². The van der Waals surface area contributed by atoms with E-state index in [1.807, 2.05) is 56.3 Å². The molecule has 178 valence electrons. The number of carbonyl (C=O) groups excluding carboxylic acids is 2. The summed E-state index contributed by atoms with van der Waals surface area (Å²) in [7, 11) is 3.88. The standard InChI is InChI=1S/C26H30N4O4/c1-16-12-18(21-6-4-5-7-23(21)27-16)15-34-20-10-8-17(9-11-20)25(31)28-24-14-19(30(2)3)13-22(24)26(32)29-33/h4-12,19,22,24,33H,13-15H2,1-3H3,(H,28,31)(H,29,32). The van der Waals surface area contributed by atoms with Crippen LogP contribution in [0.4, 0.5) is 0 Å². The van der Waals surface area contributed by atoms with Gasteiger partial charge in [0.15, 0.2) is 0 Å². The highest BCUT2D eigenvalue weighted by Gasteiger charge is 2.40. The van der Waals surface area contributed by atoms with Crippen LogP contribution in [0.2, 0.25) is 0 Å². The number of pyridine rings is 1. The minimum atomic E-state index is -0.484. The number of aryl methyl sites for hydroxylation is 1. The van der Waals surface area contributed by atoms with Crippen LogP contribution >= 0.6 is 0 Å². The molecule has 4 rings (SSSR count). The van der Waals surface area contributed by atoms with Gasteiger partial charge in [0, 0.05) is 34.3 Å². The first-order chi connectivity index (χ1) is 16.4. The third-order valence-electron chi connectivity index (χ3n) is 6.47. The predicted molar refractivity (Wildman–Crippen MR) is 129 cm³/mol. The Labute approximate surface area is 198 Å². The second-order valence-electron chi connectivity index (χ2n) is 9.00. The number of nitrogens with one attached hydrogen (secondary N) is 2. The van der Waals surface area contributed by atoms with E-state index in [2.05, 4.69) is 10.3 Å². The molecule has 3 aromatic rings. The molecule has 1 fully saturated rings. The molecule has 0 saturated heterocycles. The van der Waals surface area contributed by atoms with Gasteiger partial charge in [-0.1, -0.05) is 18.2 Å². The number of carbonyl (C=O) groups is 2. The van der Waals surface area contributed by atoms with E-state index in [9.17, 15) is 9.59 Å². The molecule has 3 unspecified atom stereocenters. The first-order valence-corrected chi connectivity index (χ1v) is 11.3. The SMILES string of the molecule is Cc1cc(COc2ccc(C(=O)NC3CC(N(C)C)CC3C(=O)NO)cc2)c2ccccc2n1. The Bertz CT molecular complexity index is 1180. The van der Waals surface area contributed by atoms with Gasteiger partial charge >= 0.3 is 0 Å². The molecule has 1 aromatic heterocycles. The Balaban J connectivity index is 1.41. The fourth-order valence-electron chi connectivity index (χ4n) is 4.59. The van der Waals surface area contributed by atoms with Crippen LogP contribution in [0.25, 0.3) is 10.9 Å². The monoisotopic (exact) mass is 462 g/mol. The second-order valence-corrected chi connectivity index (χ2v) is 9.00. The van der Waals surface area contributed by atoms with Gasteiger partial charge in [0.2, 0.25) is 5.91 Å². The summed E-state index contributed by atoms with van der Waals surface area (Å²) in [6, 6.07) is 16.7. The number of amides is 2. The average molecular weight is 463 g/mol. The molecule has 0 radical (unpaired) electrons. The summed E-state index contributed by atoms with van der Waals surface area (Å²) >= 11 is 0. The van der Waals surface area contributed by atoms with Crippen LogP contribution in [0.1, 0.15) is 34.5 Å². The van der Waals surface area contributed by atoms with Crippen LogP contribution < -0.4 is 15.5 Å². The number of aromatic nitrogens is 1. The second kappa shape index (κ2) is 10.2. The van der Waals surface area contributed by atoms with E-state index in [0.29, 0.717) is 30.8 Å². The summed E-state index contributed by atoms with van der Waals surface area (Å²) < 4.78 is 5.98. The van der Waals surface area contributed by atoms with E-state index in [1.165, 1.54) is 0 Å². The number of hydrogen-bond donors (Lipinski definition) is 3. The van der Waals surface area contributed by atoms with Gasteiger partial charge < -0.3 is 15.0 Å². The molecule has 8 nitrogen and oxygen atoms in total. The van der Waals surface area contributed by atoms with E-state index in [-0.39, 0.29) is 18.0 Å². The summed E-state index contributed by atoms with van der Waals surface area (Å²) in [5.41, 5.74) is 5.13. The number of nitrogens with zero attached hydrogens (tertiary/aromatic N) is 2. The summed E-state index contributed by atoms with van der Waals surface area (Å²) in [4.78, 5) is 31.5. The zero-order valence-electron chi connectivity index (χ0n) is 19.6. The van der Waals surface area contributed by atoms with Crippen molar-refractivity contribution in [1.29, 1.82) is 0 Å². The Morgan fingerprint density at radius 2 is 1.85 bits per heavy atom. The molecular weight excluding hydrogens is 432 g/mol. The van der Waals surface area contributed by atoms with Crippen molar-refractivity contribution in [1.82, 2.24) is 20.7 Å². The van der Waals surface area contributed by atoms with Crippen molar-refractivity contribution in [2.75, 3.05) is 14.1 Å². The first kappa shape index (κ1) is 23.7. The molecule has 3 atom stereocenters. The molecule has 0 spiro atoms. The molecule has 2 amide bonds. The number of ether oxygens (including phenoxy) is 1. The van der Waals surface area contributed by atoms with Crippen LogP contribution in [-0.2, 0) is 11.4 Å². The summed E-state index contributed by atoms with van der Waals surface area (Å²) in [6.45, 7) is 2.35. The van der Waals surface area contributed by atoms with Crippen molar-refractivity contribution in [3.8, 4) is 5.75 Å². The molecule has 1 aliphatic carbocycles. The lowest BCUT2D eigenvalue weighted by Gasteiger charge is -2.19. The maximum Gasteiger partial charge on any atom is 0.251 e. The highest BCUT2D eigenvalue weighted by atomic mass is 16.5. The molecular formula is C26H30N4O4. The van der Waals surface area contributed by atoms with Gasteiger partial charge in [-0.25, -0.2) is 5.48 Å². The Hall–Kier alpha value is -3.49. The fourth-order valence-corrected chi connectivity index (χ4v) is 4.59. The largest absolute Gasteiger partial charge is 0.489 e. The molecule has 0 aliphatic heterocycles. The minimum absolute atomic E-state index is 0.149. The van der Waals surface area contributed by atoms with Crippen molar-refractivity contribution >= 4 is 22.7 Å². The Morgan fingerprint density at radius 3 is 2.56 bits per heavy atom. The first-order valence-electron chi connectivity index (χ1n) is 11.3. The van der Waals surface area contributed by atoms with Crippen LogP contribution in [0.15, 0.2) is 54.6 Å². The molecule has 3 N–H and O–H groups in total. The zero-order valence-corrected chi connectivity index (χ0v) is 19.6. The number of fused-ring (bicyclic) bond motifs is 1. The topological polar surface area (TPSA) is 104 Å². The molecule has 34 heavy (non-hydrogen) atoms. The Morgan fingerprint density at radius 1 is 1.12 bits per heavy atom. The van der Waals surface area contributed by atoms with E-state index in [1.54, 1.807) is 29.7 Å². The van der Waals surface area contributed by atoms with Crippen molar-refractivity contribution in [3.63, 3.8) is 0 Å². The van der Waals surface area contributed by atoms with Crippen molar-refractivity contribution < 1.29 is 19.5 Å².